The molecule has 1 aliphatic rings. The Hall–Kier alpha value is -3.14. The Morgan fingerprint density at radius 2 is 2.00 bits per heavy atom. The monoisotopic (exact) mass is 518 g/mol. The minimum absolute atomic E-state index is 0.0291. The van der Waals surface area contributed by atoms with Crippen molar-refractivity contribution >= 4 is 45.8 Å². The number of methoxy groups -OCH3 is 2. The molecule has 11 heteroatoms. The lowest BCUT2D eigenvalue weighted by Crippen LogP contribution is -2.40. The van der Waals surface area contributed by atoms with Gasteiger partial charge in [0.2, 0.25) is 5.95 Å². The van der Waals surface area contributed by atoms with E-state index in [-0.39, 0.29) is 39.3 Å². The zero-order valence-corrected chi connectivity index (χ0v) is 20.7. The number of H-pyrrole nitrogens is 1. The lowest BCUT2D eigenvalue weighted by Gasteiger charge is -2.31. The fraction of sp³-hybridized carbons (Fsp3) is 0.333. The van der Waals surface area contributed by atoms with Gasteiger partial charge in [-0.15, -0.1) is 0 Å². The van der Waals surface area contributed by atoms with Crippen molar-refractivity contribution in [2.24, 2.45) is 5.92 Å². The number of hydrogen-bond acceptors (Lipinski definition) is 8. The number of rotatable bonds is 8. The van der Waals surface area contributed by atoms with Crippen LogP contribution in [0, 0.1) is 5.92 Å². The van der Waals surface area contributed by atoms with Gasteiger partial charge in [0.15, 0.2) is 5.78 Å². The highest BCUT2D eigenvalue weighted by molar-refractivity contribution is 6.41. The number of halogens is 2. The van der Waals surface area contributed by atoms with Crippen LogP contribution in [0.2, 0.25) is 10.0 Å². The van der Waals surface area contributed by atoms with Crippen molar-refractivity contribution in [3.8, 4) is 22.8 Å². The molecule has 3 heterocycles. The lowest BCUT2D eigenvalue weighted by atomic mass is 9.90. The number of aromatic amines is 1. The number of aromatic nitrogens is 3. The fourth-order valence-corrected chi connectivity index (χ4v) is 4.78. The summed E-state index contributed by atoms with van der Waals surface area (Å²) in [5.74, 6) is 0.972. The Morgan fingerprint density at radius 3 is 2.66 bits per heavy atom. The van der Waals surface area contributed by atoms with Crippen LogP contribution < -0.4 is 20.3 Å². The summed E-state index contributed by atoms with van der Waals surface area (Å²) in [5.41, 5.74) is 0.460. The number of ether oxygens (including phenoxy) is 3. The van der Waals surface area contributed by atoms with E-state index >= 15 is 0 Å². The molecule has 1 aromatic carbocycles. The number of carbonyl (C=O) groups excluding carboxylic acids is 1. The van der Waals surface area contributed by atoms with E-state index in [4.69, 9.17) is 37.4 Å². The van der Waals surface area contributed by atoms with Crippen molar-refractivity contribution in [1.82, 2.24) is 15.0 Å². The minimum atomic E-state index is -0.449. The van der Waals surface area contributed by atoms with Crippen molar-refractivity contribution in [1.29, 1.82) is 0 Å². The summed E-state index contributed by atoms with van der Waals surface area (Å²) in [6.07, 6.45) is 3.94. The van der Waals surface area contributed by atoms with Gasteiger partial charge in [-0.3, -0.25) is 9.59 Å². The Balaban J connectivity index is 1.69. The highest BCUT2D eigenvalue weighted by Gasteiger charge is 2.28. The van der Waals surface area contributed by atoms with Crippen LogP contribution in [-0.2, 0) is 9.53 Å². The third-order valence-corrected chi connectivity index (χ3v) is 6.68. The molecule has 1 saturated heterocycles. The van der Waals surface area contributed by atoms with Crippen molar-refractivity contribution in [3.05, 3.63) is 51.4 Å². The SMILES string of the molecule is C=CC(=O)C[C@H]1CCOC[C@H]1Nc1ncc2cc(-c3c(Cl)c(OC)cc(OC)c3Cl)[nH]c(=O)c2n1. The summed E-state index contributed by atoms with van der Waals surface area (Å²) in [6, 6.07) is 3.08. The number of hydrogen-bond donors (Lipinski definition) is 2. The second-order valence-corrected chi connectivity index (χ2v) is 8.80. The molecule has 0 bridgehead atoms. The van der Waals surface area contributed by atoms with E-state index in [1.165, 1.54) is 26.5 Å². The molecule has 0 spiro atoms. The fourth-order valence-electron chi connectivity index (χ4n) is 4.07. The molecule has 0 amide bonds. The van der Waals surface area contributed by atoms with Crippen molar-refractivity contribution < 1.29 is 19.0 Å². The van der Waals surface area contributed by atoms with E-state index in [1.54, 1.807) is 12.1 Å². The summed E-state index contributed by atoms with van der Waals surface area (Å²) in [5, 5.41) is 4.15. The third kappa shape index (κ3) is 5.12. The van der Waals surface area contributed by atoms with Crippen LogP contribution in [0.4, 0.5) is 5.95 Å². The molecule has 2 aromatic heterocycles. The van der Waals surface area contributed by atoms with Gasteiger partial charge in [0.05, 0.1) is 42.6 Å². The molecule has 2 N–H and O–H groups in total. The quantitative estimate of drug-likeness (QED) is 0.424. The molecular weight excluding hydrogens is 495 g/mol. The number of carbonyl (C=O) groups is 1. The van der Waals surface area contributed by atoms with Gasteiger partial charge in [-0.05, 0) is 24.5 Å². The largest absolute Gasteiger partial charge is 0.495 e. The first kappa shape index (κ1) is 25.0. The van der Waals surface area contributed by atoms with E-state index in [1.807, 2.05) is 0 Å². The molecule has 0 unspecified atom stereocenters. The maximum atomic E-state index is 13.0. The smallest absolute Gasteiger partial charge is 0.275 e. The van der Waals surface area contributed by atoms with Crippen molar-refractivity contribution in [3.63, 3.8) is 0 Å². The average molecular weight is 519 g/mol. The number of anilines is 1. The van der Waals surface area contributed by atoms with Gasteiger partial charge in [0, 0.05) is 36.2 Å². The Kier molecular flexibility index (Phi) is 7.59. The number of benzene rings is 1. The predicted molar refractivity (Wildman–Crippen MR) is 135 cm³/mol. The van der Waals surface area contributed by atoms with Crippen LogP contribution >= 0.6 is 23.2 Å². The number of ketones is 1. The first-order valence-corrected chi connectivity index (χ1v) is 11.6. The summed E-state index contributed by atoms with van der Waals surface area (Å²) >= 11 is 13.0. The average Bonchev–Trinajstić information content (AvgIpc) is 2.86. The van der Waals surface area contributed by atoms with Crippen molar-refractivity contribution in [2.75, 3.05) is 32.8 Å². The Bertz CT molecular complexity index is 1320. The maximum absolute atomic E-state index is 13.0. The first-order chi connectivity index (χ1) is 16.9. The maximum Gasteiger partial charge on any atom is 0.275 e. The Labute approximate surface area is 211 Å². The number of nitrogens with zero attached hydrogens (tertiary/aromatic N) is 2. The van der Waals surface area contributed by atoms with E-state index in [9.17, 15) is 9.59 Å². The highest BCUT2D eigenvalue weighted by Crippen LogP contribution is 2.45. The van der Waals surface area contributed by atoms with E-state index in [2.05, 4.69) is 26.8 Å². The Morgan fingerprint density at radius 1 is 1.29 bits per heavy atom. The molecular formula is C24H24Cl2N4O5. The van der Waals surface area contributed by atoms with Crippen LogP contribution in [0.5, 0.6) is 11.5 Å². The van der Waals surface area contributed by atoms with Gasteiger partial charge in [0.1, 0.15) is 17.0 Å². The number of allylic oxidation sites excluding steroid dienone is 1. The van der Waals surface area contributed by atoms with Gasteiger partial charge in [-0.1, -0.05) is 29.8 Å². The van der Waals surface area contributed by atoms with E-state index < -0.39 is 5.56 Å². The van der Waals surface area contributed by atoms with Gasteiger partial charge in [-0.25, -0.2) is 9.97 Å². The molecule has 9 nitrogen and oxygen atoms in total. The summed E-state index contributed by atoms with van der Waals surface area (Å²) in [7, 11) is 2.94. The molecule has 1 fully saturated rings. The molecule has 3 aromatic rings. The van der Waals surface area contributed by atoms with Gasteiger partial charge >= 0.3 is 0 Å². The normalized spacial score (nSPS) is 17.7. The number of pyridine rings is 1. The second-order valence-electron chi connectivity index (χ2n) is 8.04. The minimum Gasteiger partial charge on any atom is -0.495 e. The third-order valence-electron chi connectivity index (χ3n) is 5.93. The summed E-state index contributed by atoms with van der Waals surface area (Å²) in [4.78, 5) is 36.4. The highest BCUT2D eigenvalue weighted by atomic mass is 35.5. The number of fused-ring (bicyclic) bond motifs is 1. The summed E-state index contributed by atoms with van der Waals surface area (Å²) in [6.45, 7) is 4.52. The molecule has 2 atom stereocenters. The van der Waals surface area contributed by atoms with Gasteiger partial charge < -0.3 is 24.5 Å². The van der Waals surface area contributed by atoms with Crippen LogP contribution in [0.25, 0.3) is 22.2 Å². The molecule has 4 rings (SSSR count). The standard InChI is InChI=1S/C24H24Cl2N4O5/c1-4-14(31)7-12-5-6-35-11-16(12)29-24-27-10-13-8-15(28-23(32)22(13)30-24)19-20(25)17(33-2)9-18(34-3)21(19)26/h4,8-10,12,16H,1,5-7,11H2,2-3H3,(H,28,32)(H,27,29,30)/t12-,16-/m1/s1. The van der Waals surface area contributed by atoms with Crippen molar-refractivity contribution in [2.45, 2.75) is 18.9 Å². The molecule has 1 aliphatic heterocycles. The van der Waals surface area contributed by atoms with E-state index in [0.29, 0.717) is 47.8 Å². The molecule has 184 valence electrons. The predicted octanol–water partition coefficient (Wildman–Crippen LogP) is 4.27. The lowest BCUT2D eigenvalue weighted by molar-refractivity contribution is -0.116. The van der Waals surface area contributed by atoms with Crippen LogP contribution in [0.15, 0.2) is 35.8 Å². The van der Waals surface area contributed by atoms with E-state index in [0.717, 1.165) is 6.42 Å². The van der Waals surface area contributed by atoms with Crippen LogP contribution in [0.3, 0.4) is 0 Å². The molecule has 0 saturated carbocycles. The topological polar surface area (TPSA) is 115 Å². The molecule has 35 heavy (non-hydrogen) atoms. The molecule has 0 aliphatic carbocycles. The second kappa shape index (κ2) is 10.6. The zero-order chi connectivity index (χ0) is 25.1. The number of nitrogens with one attached hydrogen (secondary N) is 2. The van der Waals surface area contributed by atoms with Gasteiger partial charge in [0.25, 0.3) is 5.56 Å². The zero-order valence-electron chi connectivity index (χ0n) is 19.2. The summed E-state index contributed by atoms with van der Waals surface area (Å²) < 4.78 is 16.2. The van der Waals surface area contributed by atoms with Gasteiger partial charge in [-0.2, -0.15) is 0 Å². The van der Waals surface area contributed by atoms with Crippen LogP contribution in [-0.4, -0.2) is 54.2 Å². The molecule has 0 radical (unpaired) electrons. The first-order valence-electron chi connectivity index (χ1n) is 10.9. The van der Waals surface area contributed by atoms with Crippen LogP contribution in [0.1, 0.15) is 12.8 Å².